The van der Waals surface area contributed by atoms with Crippen molar-refractivity contribution in [3.63, 3.8) is 0 Å². The largest absolute Gasteiger partial charge is 0.444 e. The number of ether oxygens (including phenoxy) is 1. The fourth-order valence-corrected chi connectivity index (χ4v) is 2.62. The van der Waals surface area contributed by atoms with Gasteiger partial charge in [-0.05, 0) is 39.3 Å². The summed E-state index contributed by atoms with van der Waals surface area (Å²) in [5.74, 6) is 0.507. The highest BCUT2D eigenvalue weighted by Gasteiger charge is 2.29. The Labute approximate surface area is 147 Å². The monoisotopic (exact) mass is 341 g/mol. The van der Waals surface area contributed by atoms with Crippen molar-refractivity contribution in [1.29, 1.82) is 0 Å². The maximum atomic E-state index is 12.2. The van der Waals surface area contributed by atoms with Crippen molar-refractivity contribution in [3.05, 3.63) is 41.5 Å². The van der Waals surface area contributed by atoms with Crippen molar-refractivity contribution in [2.24, 2.45) is 0 Å². The number of aromatic nitrogens is 3. The number of anilines is 2. The van der Waals surface area contributed by atoms with Crippen molar-refractivity contribution in [2.45, 2.75) is 52.8 Å². The predicted octanol–water partition coefficient (Wildman–Crippen LogP) is 3.43. The summed E-state index contributed by atoms with van der Waals surface area (Å²) in [6.45, 7) is 8.52. The average molecular weight is 341 g/mol. The summed E-state index contributed by atoms with van der Waals surface area (Å²) in [4.78, 5) is 27.1. The molecule has 0 bridgehead atoms. The lowest BCUT2D eigenvalue weighted by molar-refractivity contribution is 0.0240. The highest BCUT2D eigenvalue weighted by atomic mass is 16.6. The van der Waals surface area contributed by atoms with Crippen molar-refractivity contribution >= 4 is 17.7 Å². The summed E-state index contributed by atoms with van der Waals surface area (Å²) in [6, 6.07) is 3.83. The number of hydrogen-bond donors (Lipinski definition) is 1. The van der Waals surface area contributed by atoms with Crippen LogP contribution in [0.1, 0.15) is 44.6 Å². The number of aryl methyl sites for hydroxylation is 1. The van der Waals surface area contributed by atoms with E-state index in [9.17, 15) is 4.79 Å². The minimum Gasteiger partial charge on any atom is -0.444 e. The van der Waals surface area contributed by atoms with Gasteiger partial charge >= 0.3 is 6.09 Å². The normalized spacial score (nSPS) is 13.5. The zero-order valence-corrected chi connectivity index (χ0v) is 15.0. The van der Waals surface area contributed by atoms with Crippen LogP contribution >= 0.6 is 0 Å². The first kappa shape index (κ1) is 17.1. The lowest BCUT2D eigenvalue weighted by Crippen LogP contribution is -2.33. The topological polar surface area (TPSA) is 80.2 Å². The van der Waals surface area contributed by atoms with Gasteiger partial charge in [-0.1, -0.05) is 6.92 Å². The van der Waals surface area contributed by atoms with E-state index in [1.54, 1.807) is 17.3 Å². The molecule has 0 saturated heterocycles. The number of rotatable bonds is 3. The van der Waals surface area contributed by atoms with Gasteiger partial charge in [-0.2, -0.15) is 0 Å². The third-order valence-electron chi connectivity index (χ3n) is 3.78. The number of carbonyl (C=O) groups excluding carboxylic acids is 1. The van der Waals surface area contributed by atoms with E-state index in [4.69, 9.17) is 4.74 Å². The van der Waals surface area contributed by atoms with Crippen LogP contribution in [0.15, 0.2) is 24.5 Å². The number of nitrogens with one attached hydrogen (secondary N) is 1. The van der Waals surface area contributed by atoms with E-state index in [0.717, 1.165) is 29.1 Å². The summed E-state index contributed by atoms with van der Waals surface area (Å²) >= 11 is 0. The Balaban J connectivity index is 1.73. The van der Waals surface area contributed by atoms with Crippen molar-refractivity contribution < 1.29 is 9.53 Å². The molecule has 7 nitrogen and oxygen atoms in total. The fraction of sp³-hybridized carbons (Fsp3) is 0.444. The quantitative estimate of drug-likeness (QED) is 0.921. The molecule has 1 aliphatic heterocycles. The molecule has 3 heterocycles. The first-order valence-corrected chi connectivity index (χ1v) is 8.39. The molecule has 2 aromatic rings. The van der Waals surface area contributed by atoms with Crippen LogP contribution in [0, 0.1) is 0 Å². The molecule has 2 aromatic heterocycles. The third-order valence-corrected chi connectivity index (χ3v) is 3.78. The fourth-order valence-electron chi connectivity index (χ4n) is 2.62. The molecular weight excluding hydrogens is 318 g/mol. The van der Waals surface area contributed by atoms with E-state index in [1.165, 1.54) is 0 Å². The molecule has 0 aliphatic carbocycles. The highest BCUT2D eigenvalue weighted by Crippen LogP contribution is 2.25. The standard InChI is InChI=1S/C18H23N5O2/c1-5-13-14(7-6-8-19-13)21-16-20-9-12-10-23(11-15(12)22-16)17(24)25-18(2,3)4/h6-9H,5,10-11H2,1-4H3,(H,20,21,22). The van der Waals surface area contributed by atoms with E-state index in [2.05, 4.69) is 27.2 Å². The van der Waals surface area contributed by atoms with Crippen LogP contribution < -0.4 is 5.32 Å². The minimum atomic E-state index is -0.513. The molecular formula is C18H23N5O2. The number of fused-ring (bicyclic) bond motifs is 1. The summed E-state index contributed by atoms with van der Waals surface area (Å²) in [5.41, 5.74) is 3.12. The maximum absolute atomic E-state index is 12.2. The van der Waals surface area contributed by atoms with Crippen LogP contribution in [0.3, 0.4) is 0 Å². The summed E-state index contributed by atoms with van der Waals surface area (Å²) in [5, 5.41) is 3.22. The predicted molar refractivity (Wildman–Crippen MR) is 94.4 cm³/mol. The van der Waals surface area contributed by atoms with Crippen LogP contribution in [0.25, 0.3) is 0 Å². The van der Waals surface area contributed by atoms with E-state index >= 15 is 0 Å². The van der Waals surface area contributed by atoms with Crippen LogP contribution in [0.5, 0.6) is 0 Å². The zero-order chi connectivity index (χ0) is 18.0. The SMILES string of the molecule is CCc1ncccc1Nc1ncc2c(n1)CN(C(=O)OC(C)(C)C)C2. The number of carbonyl (C=O) groups is 1. The average Bonchev–Trinajstić information content (AvgIpc) is 2.97. The maximum Gasteiger partial charge on any atom is 0.410 e. The third kappa shape index (κ3) is 4.04. The van der Waals surface area contributed by atoms with Gasteiger partial charge in [0.25, 0.3) is 0 Å². The number of hydrogen-bond acceptors (Lipinski definition) is 6. The molecule has 1 amide bonds. The van der Waals surface area contributed by atoms with E-state index < -0.39 is 5.60 Å². The first-order chi connectivity index (χ1) is 11.9. The Hall–Kier alpha value is -2.70. The Bertz CT molecular complexity index is 785. The molecule has 0 aromatic carbocycles. The van der Waals surface area contributed by atoms with Gasteiger partial charge in [0, 0.05) is 18.0 Å². The van der Waals surface area contributed by atoms with Gasteiger partial charge < -0.3 is 10.1 Å². The van der Waals surface area contributed by atoms with Crippen LogP contribution in [0.2, 0.25) is 0 Å². The summed E-state index contributed by atoms with van der Waals surface area (Å²) < 4.78 is 5.42. The number of amides is 1. The second-order valence-electron chi connectivity index (χ2n) is 6.98. The second kappa shape index (κ2) is 6.66. The molecule has 0 atom stereocenters. The zero-order valence-electron chi connectivity index (χ0n) is 15.0. The molecule has 0 spiro atoms. The summed E-state index contributed by atoms with van der Waals surface area (Å²) in [6.07, 6.45) is 4.02. The van der Waals surface area contributed by atoms with E-state index in [0.29, 0.717) is 19.0 Å². The van der Waals surface area contributed by atoms with Gasteiger partial charge in [0.05, 0.1) is 30.2 Å². The number of pyridine rings is 1. The van der Waals surface area contributed by atoms with E-state index in [1.807, 2.05) is 32.9 Å². The first-order valence-electron chi connectivity index (χ1n) is 8.39. The second-order valence-corrected chi connectivity index (χ2v) is 6.98. The van der Waals surface area contributed by atoms with Gasteiger partial charge in [-0.15, -0.1) is 0 Å². The van der Waals surface area contributed by atoms with Crippen LogP contribution in [0.4, 0.5) is 16.4 Å². The van der Waals surface area contributed by atoms with E-state index in [-0.39, 0.29) is 6.09 Å². The van der Waals surface area contributed by atoms with Gasteiger partial charge in [0.2, 0.25) is 5.95 Å². The lowest BCUT2D eigenvalue weighted by atomic mass is 10.2. The van der Waals surface area contributed by atoms with Crippen molar-refractivity contribution in [2.75, 3.05) is 5.32 Å². The highest BCUT2D eigenvalue weighted by molar-refractivity contribution is 5.69. The lowest BCUT2D eigenvalue weighted by Gasteiger charge is -2.23. The minimum absolute atomic E-state index is 0.333. The molecule has 0 saturated carbocycles. The van der Waals surface area contributed by atoms with Crippen LogP contribution in [-0.4, -0.2) is 31.5 Å². The van der Waals surface area contributed by atoms with Crippen molar-refractivity contribution in [1.82, 2.24) is 19.9 Å². The Morgan fingerprint density at radius 2 is 2.12 bits per heavy atom. The van der Waals surface area contributed by atoms with Gasteiger partial charge in [0.15, 0.2) is 0 Å². The van der Waals surface area contributed by atoms with Gasteiger partial charge in [0.1, 0.15) is 5.60 Å². The van der Waals surface area contributed by atoms with Gasteiger partial charge in [-0.3, -0.25) is 9.88 Å². The molecule has 3 rings (SSSR count). The Morgan fingerprint density at radius 3 is 2.84 bits per heavy atom. The Morgan fingerprint density at radius 1 is 1.32 bits per heavy atom. The molecule has 1 aliphatic rings. The molecule has 132 valence electrons. The number of nitrogens with zero attached hydrogens (tertiary/aromatic N) is 4. The van der Waals surface area contributed by atoms with Crippen LogP contribution in [-0.2, 0) is 24.2 Å². The molecule has 0 radical (unpaired) electrons. The smallest absolute Gasteiger partial charge is 0.410 e. The molecule has 7 heteroatoms. The van der Waals surface area contributed by atoms with Crippen molar-refractivity contribution in [3.8, 4) is 0 Å². The molecule has 25 heavy (non-hydrogen) atoms. The Kier molecular flexibility index (Phi) is 4.57. The summed E-state index contributed by atoms with van der Waals surface area (Å²) in [7, 11) is 0. The molecule has 0 unspecified atom stereocenters. The molecule has 1 N–H and O–H groups in total. The molecule has 0 fully saturated rings. The van der Waals surface area contributed by atoms with Gasteiger partial charge in [-0.25, -0.2) is 14.8 Å².